The number of esters is 2. The maximum absolute atomic E-state index is 11.4. The second kappa shape index (κ2) is 14.8. The Labute approximate surface area is 297 Å². The fourth-order valence-corrected chi connectivity index (χ4v) is 7.29. The first-order valence-electron chi connectivity index (χ1n) is 17.1. The molecule has 0 radical (unpaired) electrons. The Hall–Kier alpha value is -6.14. The van der Waals surface area contributed by atoms with Crippen LogP contribution in [0.5, 0.6) is 11.5 Å². The molecule has 0 bridgehead atoms. The summed E-state index contributed by atoms with van der Waals surface area (Å²) < 4.78 is 21.9. The fraction of sp³-hybridized carbons (Fsp3) is 0.156. The molecule has 0 saturated heterocycles. The summed E-state index contributed by atoms with van der Waals surface area (Å²) in [5.41, 5.74) is 5.97. The molecule has 0 saturated carbocycles. The van der Waals surface area contributed by atoms with Crippen molar-refractivity contribution in [2.24, 2.45) is 0 Å². The van der Waals surface area contributed by atoms with Gasteiger partial charge in [-0.1, -0.05) is 104 Å². The molecule has 0 heterocycles. The molecule has 0 aliphatic heterocycles. The number of benzene rings is 6. The van der Waals surface area contributed by atoms with Gasteiger partial charge in [0.2, 0.25) is 0 Å². The van der Waals surface area contributed by atoms with E-state index in [2.05, 4.69) is 116 Å². The molecule has 1 unspecified atom stereocenters. The smallest absolute Gasteiger partial charge is 0.330 e. The molecule has 254 valence electrons. The summed E-state index contributed by atoms with van der Waals surface area (Å²) in [6.07, 6.45) is 3.16. The van der Waals surface area contributed by atoms with E-state index in [1.165, 1.54) is 27.8 Å². The Morgan fingerprint density at radius 3 is 1.63 bits per heavy atom. The van der Waals surface area contributed by atoms with Gasteiger partial charge in [-0.05, 0) is 92.2 Å². The standard InChI is InChI=1S/C45H38O6/c1-3-43(46)50-24-22-48-38-20-16-32-26-36(18-14-34(32)28-38)45(30-41(31-10-6-5-7-11-31)40-12-8-9-13-42(40)45)37-19-15-35-29-39(21-17-33(35)27-37)49-23-25-51-44(47)4-2/h3-21,26-29,41H,1-2,22-25,30H2. The van der Waals surface area contributed by atoms with Crippen molar-refractivity contribution in [3.05, 3.63) is 181 Å². The van der Waals surface area contributed by atoms with Crippen molar-refractivity contribution in [1.82, 2.24) is 0 Å². The highest BCUT2D eigenvalue weighted by Crippen LogP contribution is 2.56. The number of rotatable bonds is 13. The molecule has 0 fully saturated rings. The predicted octanol–water partition coefficient (Wildman–Crippen LogP) is 9.08. The van der Waals surface area contributed by atoms with Crippen LogP contribution >= 0.6 is 0 Å². The van der Waals surface area contributed by atoms with Crippen LogP contribution in [0.2, 0.25) is 0 Å². The van der Waals surface area contributed by atoms with Gasteiger partial charge in [0.05, 0.1) is 0 Å². The monoisotopic (exact) mass is 674 g/mol. The van der Waals surface area contributed by atoms with Gasteiger partial charge in [-0.25, -0.2) is 9.59 Å². The van der Waals surface area contributed by atoms with Gasteiger partial charge in [0.15, 0.2) is 0 Å². The quantitative estimate of drug-likeness (QED) is 0.0692. The third kappa shape index (κ3) is 6.86. The molecule has 0 aromatic heterocycles. The first kappa shape index (κ1) is 33.4. The Kier molecular flexibility index (Phi) is 9.66. The topological polar surface area (TPSA) is 71.1 Å². The van der Waals surface area contributed by atoms with Gasteiger partial charge >= 0.3 is 11.9 Å². The molecule has 6 nitrogen and oxygen atoms in total. The van der Waals surface area contributed by atoms with Gasteiger partial charge in [-0.3, -0.25) is 0 Å². The minimum Gasteiger partial charge on any atom is -0.490 e. The SMILES string of the molecule is C=CC(=O)OCCOc1ccc2cc(C3(c4ccc5cc(OCCOC(=O)C=C)ccc5c4)CC(c4ccccc4)c4ccccc43)ccc2c1. The lowest BCUT2D eigenvalue weighted by Crippen LogP contribution is -2.27. The average molecular weight is 675 g/mol. The van der Waals surface area contributed by atoms with Crippen molar-refractivity contribution in [2.45, 2.75) is 17.8 Å². The molecule has 1 aliphatic carbocycles. The molecule has 1 atom stereocenters. The van der Waals surface area contributed by atoms with Crippen LogP contribution in [-0.2, 0) is 24.5 Å². The third-order valence-electron chi connectivity index (χ3n) is 9.64. The highest BCUT2D eigenvalue weighted by Gasteiger charge is 2.46. The lowest BCUT2D eigenvalue weighted by atomic mass is 9.69. The van der Waals surface area contributed by atoms with Crippen LogP contribution in [0.1, 0.15) is 40.2 Å². The normalized spacial score (nSPS) is 14.4. The first-order chi connectivity index (χ1) is 25.0. The van der Waals surface area contributed by atoms with Gasteiger partial charge in [0, 0.05) is 23.5 Å². The van der Waals surface area contributed by atoms with E-state index >= 15 is 0 Å². The van der Waals surface area contributed by atoms with Crippen molar-refractivity contribution < 1.29 is 28.5 Å². The summed E-state index contributed by atoms with van der Waals surface area (Å²) in [5.74, 6) is 0.710. The first-order valence-corrected chi connectivity index (χ1v) is 17.1. The van der Waals surface area contributed by atoms with Crippen LogP contribution in [0.4, 0.5) is 0 Å². The zero-order chi connectivity index (χ0) is 35.2. The number of carbonyl (C=O) groups is 2. The van der Waals surface area contributed by atoms with E-state index in [1.54, 1.807) is 0 Å². The van der Waals surface area contributed by atoms with Crippen LogP contribution in [-0.4, -0.2) is 38.4 Å². The Morgan fingerprint density at radius 2 is 1.08 bits per heavy atom. The second-order valence-corrected chi connectivity index (χ2v) is 12.5. The van der Waals surface area contributed by atoms with Gasteiger partial charge in [-0.15, -0.1) is 0 Å². The van der Waals surface area contributed by atoms with Crippen molar-refractivity contribution in [3.63, 3.8) is 0 Å². The molecule has 0 amide bonds. The van der Waals surface area contributed by atoms with Gasteiger partial charge < -0.3 is 18.9 Å². The van der Waals surface area contributed by atoms with Crippen LogP contribution in [0, 0.1) is 0 Å². The van der Waals surface area contributed by atoms with Crippen molar-refractivity contribution >= 4 is 33.5 Å². The van der Waals surface area contributed by atoms with Gasteiger partial charge in [0.25, 0.3) is 0 Å². The summed E-state index contributed by atoms with van der Waals surface area (Å²) in [7, 11) is 0. The van der Waals surface area contributed by atoms with Gasteiger partial charge in [0.1, 0.15) is 37.9 Å². The molecule has 0 N–H and O–H groups in total. The van der Waals surface area contributed by atoms with Crippen LogP contribution < -0.4 is 9.47 Å². The third-order valence-corrected chi connectivity index (χ3v) is 9.64. The number of fused-ring (bicyclic) bond motifs is 3. The Bertz CT molecular complexity index is 2130. The Balaban J connectivity index is 1.26. The molecule has 51 heavy (non-hydrogen) atoms. The summed E-state index contributed by atoms with van der Waals surface area (Å²) in [4.78, 5) is 22.8. The zero-order valence-electron chi connectivity index (χ0n) is 28.3. The van der Waals surface area contributed by atoms with Gasteiger partial charge in [-0.2, -0.15) is 0 Å². The molecule has 6 aromatic carbocycles. The number of carbonyl (C=O) groups excluding carboxylic acids is 2. The van der Waals surface area contributed by atoms with E-state index in [9.17, 15) is 9.59 Å². The van der Waals surface area contributed by atoms with Crippen molar-refractivity contribution in [1.29, 1.82) is 0 Å². The van der Waals surface area contributed by atoms with E-state index in [0.29, 0.717) is 11.5 Å². The lowest BCUT2D eigenvalue weighted by molar-refractivity contribution is -0.139. The number of hydrogen-bond donors (Lipinski definition) is 0. The largest absolute Gasteiger partial charge is 0.490 e. The molecule has 7 rings (SSSR count). The fourth-order valence-electron chi connectivity index (χ4n) is 7.29. The van der Waals surface area contributed by atoms with Crippen molar-refractivity contribution in [3.8, 4) is 11.5 Å². The number of hydrogen-bond acceptors (Lipinski definition) is 6. The molecular weight excluding hydrogens is 636 g/mol. The average Bonchev–Trinajstić information content (AvgIpc) is 3.54. The summed E-state index contributed by atoms with van der Waals surface area (Å²) in [6, 6.07) is 45.3. The summed E-state index contributed by atoms with van der Waals surface area (Å²) in [6.45, 7) is 7.66. The van der Waals surface area contributed by atoms with E-state index in [0.717, 1.165) is 40.1 Å². The van der Waals surface area contributed by atoms with E-state index < -0.39 is 17.4 Å². The highest BCUT2D eigenvalue weighted by atomic mass is 16.6. The van der Waals surface area contributed by atoms with Crippen LogP contribution in [0.3, 0.4) is 0 Å². The van der Waals surface area contributed by atoms with Crippen LogP contribution in [0.25, 0.3) is 21.5 Å². The predicted molar refractivity (Wildman–Crippen MR) is 200 cm³/mol. The zero-order valence-corrected chi connectivity index (χ0v) is 28.3. The molecular formula is C45H38O6. The van der Waals surface area contributed by atoms with Crippen molar-refractivity contribution in [2.75, 3.05) is 26.4 Å². The minimum atomic E-state index is -0.465. The molecule has 6 aromatic rings. The van der Waals surface area contributed by atoms with E-state index in [1.807, 2.05) is 24.3 Å². The summed E-state index contributed by atoms with van der Waals surface area (Å²) >= 11 is 0. The van der Waals surface area contributed by atoms with Crippen LogP contribution in [0.15, 0.2) is 153 Å². The lowest BCUT2D eigenvalue weighted by Gasteiger charge is -2.33. The number of ether oxygens (including phenoxy) is 4. The maximum atomic E-state index is 11.4. The molecule has 6 heteroatoms. The molecule has 0 spiro atoms. The molecule has 1 aliphatic rings. The van der Waals surface area contributed by atoms with E-state index in [-0.39, 0.29) is 32.3 Å². The summed E-state index contributed by atoms with van der Waals surface area (Å²) in [5, 5.41) is 4.34. The highest BCUT2D eigenvalue weighted by molar-refractivity contribution is 5.88. The minimum absolute atomic E-state index is 0.152. The second-order valence-electron chi connectivity index (χ2n) is 12.5. The Morgan fingerprint density at radius 1 is 0.588 bits per heavy atom. The van der Waals surface area contributed by atoms with E-state index in [4.69, 9.17) is 18.9 Å². The maximum Gasteiger partial charge on any atom is 0.330 e.